The fourth-order valence-corrected chi connectivity index (χ4v) is 3.28. The van der Waals surface area contributed by atoms with Gasteiger partial charge in [0.1, 0.15) is 17.3 Å². The van der Waals surface area contributed by atoms with E-state index < -0.39 is 23.5 Å². The molecule has 1 amide bonds. The summed E-state index contributed by atoms with van der Waals surface area (Å²) in [6.45, 7) is 2.14. The zero-order valence-corrected chi connectivity index (χ0v) is 15.1. The first-order valence-electron chi connectivity index (χ1n) is 8.66. The van der Waals surface area contributed by atoms with Crippen LogP contribution in [0.15, 0.2) is 54.1 Å². The van der Waals surface area contributed by atoms with Crippen molar-refractivity contribution < 1.29 is 23.8 Å². The Morgan fingerprint density at radius 3 is 2.41 bits per heavy atom. The average Bonchev–Trinajstić information content (AvgIpc) is 2.93. The van der Waals surface area contributed by atoms with Gasteiger partial charge in [0, 0.05) is 17.7 Å². The number of rotatable bonds is 5. The predicted octanol–water partition coefficient (Wildman–Crippen LogP) is 3.67. The topological polar surface area (TPSA) is 66.8 Å². The van der Waals surface area contributed by atoms with E-state index in [0.29, 0.717) is 17.7 Å². The first kappa shape index (κ1) is 18.6. The highest BCUT2D eigenvalue weighted by atomic mass is 19.1. The summed E-state index contributed by atoms with van der Waals surface area (Å²) < 4.78 is 19.6. The number of nitrogens with zero attached hydrogens (tertiary/aromatic N) is 1. The lowest BCUT2D eigenvalue weighted by Gasteiger charge is -2.25. The number of halogens is 1. The molecule has 1 fully saturated rings. The minimum Gasteiger partial charge on any atom is -0.507 e. The van der Waals surface area contributed by atoms with Crippen LogP contribution >= 0.6 is 0 Å². The van der Waals surface area contributed by atoms with Gasteiger partial charge in [-0.05, 0) is 36.8 Å². The lowest BCUT2D eigenvalue weighted by molar-refractivity contribution is -0.139. The Morgan fingerprint density at radius 2 is 1.81 bits per heavy atom. The summed E-state index contributed by atoms with van der Waals surface area (Å²) in [7, 11) is 1.52. The molecule has 3 rings (SSSR count). The maximum absolute atomic E-state index is 14.5. The molecule has 0 bridgehead atoms. The van der Waals surface area contributed by atoms with Crippen molar-refractivity contribution in [2.24, 2.45) is 0 Å². The molecule has 0 aromatic heterocycles. The van der Waals surface area contributed by atoms with Crippen molar-refractivity contribution in [3.05, 3.63) is 71.0 Å². The summed E-state index contributed by atoms with van der Waals surface area (Å²) in [5.74, 6) is -1.83. The molecule has 140 valence electrons. The predicted molar refractivity (Wildman–Crippen MR) is 98.7 cm³/mol. The van der Waals surface area contributed by atoms with Gasteiger partial charge in [-0.1, -0.05) is 25.1 Å². The van der Waals surface area contributed by atoms with Crippen LogP contribution in [-0.4, -0.2) is 35.4 Å². The summed E-state index contributed by atoms with van der Waals surface area (Å²) in [6.07, 6.45) is 0.598. The monoisotopic (exact) mass is 369 g/mol. The van der Waals surface area contributed by atoms with E-state index in [2.05, 4.69) is 0 Å². The number of carbonyl (C=O) groups excluding carboxylic acids is 2. The van der Waals surface area contributed by atoms with Gasteiger partial charge in [0.25, 0.3) is 11.7 Å². The Bertz CT molecular complexity index is 905. The number of hydrogen-bond donors (Lipinski definition) is 1. The number of hydrogen-bond acceptors (Lipinski definition) is 4. The Balaban J connectivity index is 2.18. The number of amides is 1. The molecule has 1 aliphatic rings. The van der Waals surface area contributed by atoms with Crippen molar-refractivity contribution in [1.82, 2.24) is 4.90 Å². The molecule has 1 aliphatic heterocycles. The number of aliphatic hydroxyl groups is 1. The van der Waals surface area contributed by atoms with Crippen molar-refractivity contribution in [1.29, 1.82) is 0 Å². The van der Waals surface area contributed by atoms with Gasteiger partial charge in [0.15, 0.2) is 0 Å². The molecule has 1 unspecified atom stereocenters. The maximum Gasteiger partial charge on any atom is 0.295 e. The van der Waals surface area contributed by atoms with E-state index in [1.807, 2.05) is 6.92 Å². The molecule has 1 saturated heterocycles. The third-order valence-corrected chi connectivity index (χ3v) is 4.57. The van der Waals surface area contributed by atoms with Gasteiger partial charge in [-0.15, -0.1) is 0 Å². The van der Waals surface area contributed by atoms with Crippen molar-refractivity contribution in [3.8, 4) is 5.75 Å². The molecular weight excluding hydrogens is 349 g/mol. The summed E-state index contributed by atoms with van der Waals surface area (Å²) >= 11 is 0. The number of carbonyl (C=O) groups is 2. The van der Waals surface area contributed by atoms with Gasteiger partial charge in [-0.3, -0.25) is 9.59 Å². The van der Waals surface area contributed by atoms with Crippen molar-refractivity contribution >= 4 is 17.4 Å². The lowest BCUT2D eigenvalue weighted by Crippen LogP contribution is -2.30. The quantitative estimate of drug-likeness (QED) is 0.496. The van der Waals surface area contributed by atoms with Crippen LogP contribution in [0.4, 0.5) is 4.39 Å². The zero-order valence-electron chi connectivity index (χ0n) is 15.1. The van der Waals surface area contributed by atoms with Crippen LogP contribution in [0.25, 0.3) is 5.76 Å². The SMILES string of the molecule is CCCN1C(=O)C(=O)/C(=C(\O)c2ccc(OC)cc2)C1c1ccccc1F. The van der Waals surface area contributed by atoms with Gasteiger partial charge >= 0.3 is 0 Å². The van der Waals surface area contributed by atoms with E-state index in [1.54, 1.807) is 30.3 Å². The number of likely N-dealkylation sites (tertiary alicyclic amines) is 1. The summed E-state index contributed by atoms with van der Waals surface area (Å²) in [6, 6.07) is 11.4. The molecule has 1 heterocycles. The number of ketones is 1. The van der Waals surface area contributed by atoms with Gasteiger partial charge < -0.3 is 14.7 Å². The molecule has 2 aromatic rings. The largest absolute Gasteiger partial charge is 0.507 e. The third-order valence-electron chi connectivity index (χ3n) is 4.57. The summed E-state index contributed by atoms with van der Waals surface area (Å²) in [5.41, 5.74) is 0.426. The van der Waals surface area contributed by atoms with E-state index in [9.17, 15) is 19.1 Å². The van der Waals surface area contributed by atoms with E-state index in [-0.39, 0.29) is 23.4 Å². The third kappa shape index (κ3) is 3.30. The number of methoxy groups -OCH3 is 1. The van der Waals surface area contributed by atoms with Crippen molar-refractivity contribution in [2.45, 2.75) is 19.4 Å². The Labute approximate surface area is 156 Å². The Morgan fingerprint density at radius 1 is 1.15 bits per heavy atom. The van der Waals surface area contributed by atoms with Crippen LogP contribution in [0, 0.1) is 5.82 Å². The molecule has 0 saturated carbocycles. The molecule has 0 radical (unpaired) electrons. The Hall–Kier alpha value is -3.15. The number of ether oxygens (including phenoxy) is 1. The van der Waals surface area contributed by atoms with Gasteiger partial charge in [0.2, 0.25) is 0 Å². The van der Waals surface area contributed by atoms with E-state index in [4.69, 9.17) is 4.74 Å². The first-order valence-corrected chi connectivity index (χ1v) is 8.66. The first-order chi connectivity index (χ1) is 13.0. The highest BCUT2D eigenvalue weighted by molar-refractivity contribution is 6.46. The second-order valence-corrected chi connectivity index (χ2v) is 6.24. The molecule has 1 N–H and O–H groups in total. The summed E-state index contributed by atoms with van der Waals surface area (Å²) in [4.78, 5) is 26.5. The fraction of sp³-hybridized carbons (Fsp3) is 0.238. The van der Waals surface area contributed by atoms with Crippen molar-refractivity contribution in [2.75, 3.05) is 13.7 Å². The van der Waals surface area contributed by atoms with Crippen LogP contribution < -0.4 is 4.74 Å². The molecule has 2 aromatic carbocycles. The fourth-order valence-electron chi connectivity index (χ4n) is 3.28. The zero-order chi connectivity index (χ0) is 19.6. The van der Waals surface area contributed by atoms with Gasteiger partial charge in [-0.2, -0.15) is 0 Å². The highest BCUT2D eigenvalue weighted by Crippen LogP contribution is 2.40. The van der Waals surface area contributed by atoms with Crippen LogP contribution in [0.5, 0.6) is 5.75 Å². The van der Waals surface area contributed by atoms with Crippen LogP contribution in [-0.2, 0) is 9.59 Å². The second kappa shape index (κ2) is 7.61. The smallest absolute Gasteiger partial charge is 0.295 e. The molecule has 0 spiro atoms. The molecule has 5 nitrogen and oxygen atoms in total. The number of benzene rings is 2. The van der Waals surface area contributed by atoms with E-state index in [1.165, 1.54) is 30.2 Å². The van der Waals surface area contributed by atoms with Crippen LogP contribution in [0.2, 0.25) is 0 Å². The number of aliphatic hydroxyl groups excluding tert-OH is 1. The minimum atomic E-state index is -0.965. The van der Waals surface area contributed by atoms with E-state index in [0.717, 1.165) is 0 Å². The van der Waals surface area contributed by atoms with Gasteiger partial charge in [-0.25, -0.2) is 4.39 Å². The Kier molecular flexibility index (Phi) is 5.26. The summed E-state index contributed by atoms with van der Waals surface area (Å²) in [5, 5.41) is 10.8. The van der Waals surface area contributed by atoms with E-state index >= 15 is 0 Å². The second-order valence-electron chi connectivity index (χ2n) is 6.24. The molecule has 0 aliphatic carbocycles. The standard InChI is InChI=1S/C21H20FNO4/c1-3-12-23-18(15-6-4-5-7-16(15)22)17(20(25)21(23)26)19(24)13-8-10-14(27-2)11-9-13/h4-11,18,24H,3,12H2,1-2H3/b19-17-. The lowest BCUT2D eigenvalue weighted by atomic mass is 9.95. The van der Waals surface area contributed by atoms with Crippen LogP contribution in [0.3, 0.4) is 0 Å². The molecule has 1 atom stereocenters. The molecule has 6 heteroatoms. The molecule has 27 heavy (non-hydrogen) atoms. The van der Waals surface area contributed by atoms with Crippen LogP contribution in [0.1, 0.15) is 30.5 Å². The number of Topliss-reactive ketones (excluding diaryl/α,β-unsaturated/α-hetero) is 1. The molecular formula is C21H20FNO4. The minimum absolute atomic E-state index is 0.108. The van der Waals surface area contributed by atoms with Crippen molar-refractivity contribution in [3.63, 3.8) is 0 Å². The average molecular weight is 369 g/mol. The normalized spacial score (nSPS) is 18.8. The maximum atomic E-state index is 14.5. The van der Waals surface area contributed by atoms with Gasteiger partial charge in [0.05, 0.1) is 18.7 Å². The highest BCUT2D eigenvalue weighted by Gasteiger charge is 2.46.